The van der Waals surface area contributed by atoms with Gasteiger partial charge in [0.25, 0.3) is 0 Å². The van der Waals surface area contributed by atoms with Crippen molar-refractivity contribution in [2.75, 3.05) is 12.5 Å². The smallest absolute Gasteiger partial charge is 0.336 e. The van der Waals surface area contributed by atoms with Crippen LogP contribution in [0.5, 0.6) is 0 Å². The number of hydrogen-bond acceptors (Lipinski definition) is 4. The van der Waals surface area contributed by atoms with Gasteiger partial charge in [0.1, 0.15) is 5.76 Å². The molecule has 0 N–H and O–H groups in total. The second kappa shape index (κ2) is 6.44. The Bertz CT molecular complexity index is 469. The molecule has 0 saturated heterocycles. The average Bonchev–Trinajstić information content (AvgIpc) is 2.25. The topological polar surface area (TPSA) is 30.2 Å². The molecule has 0 atom stereocenters. The lowest BCUT2D eigenvalue weighted by Crippen LogP contribution is -1.94. The first-order valence-corrected chi connectivity index (χ1v) is 6.61. The molecule has 0 aliphatic heterocycles. The van der Waals surface area contributed by atoms with Gasteiger partial charge < -0.3 is 4.42 Å². The molecule has 0 fully saturated rings. The summed E-state index contributed by atoms with van der Waals surface area (Å²) < 4.78 is 5.92. The van der Waals surface area contributed by atoms with E-state index in [1.165, 1.54) is 6.07 Å². The summed E-state index contributed by atoms with van der Waals surface area (Å²) in [5, 5.41) is 0. The quantitative estimate of drug-likeness (QED) is 0.757. The van der Waals surface area contributed by atoms with E-state index in [9.17, 15) is 4.79 Å². The lowest BCUT2D eigenvalue weighted by molar-refractivity contribution is 0.501. The Labute approximate surface area is 96.8 Å². The molecule has 0 spiro atoms. The first-order chi connectivity index (χ1) is 7.26. The fraction of sp³-hybridized carbons (Fsp3) is 0.182. The fourth-order valence-electron chi connectivity index (χ4n) is 0.835. The zero-order valence-electron chi connectivity index (χ0n) is 8.44. The van der Waals surface area contributed by atoms with Crippen LogP contribution in [0.1, 0.15) is 5.76 Å². The van der Waals surface area contributed by atoms with E-state index in [-0.39, 0.29) is 5.63 Å². The van der Waals surface area contributed by atoms with Gasteiger partial charge in [0.15, 0.2) is 0 Å². The van der Waals surface area contributed by atoms with Crippen molar-refractivity contribution in [2.24, 2.45) is 0 Å². The van der Waals surface area contributed by atoms with E-state index in [1.807, 2.05) is 12.5 Å². The molecule has 0 radical (unpaired) electrons. The zero-order valence-corrected chi connectivity index (χ0v) is 10.1. The molecular weight excluding hydrogens is 228 g/mol. The number of thioether (sulfide) groups is 2. The summed E-state index contributed by atoms with van der Waals surface area (Å²) in [4.78, 5) is 10.9. The summed E-state index contributed by atoms with van der Waals surface area (Å²) in [5.74, 6) is 0.483. The van der Waals surface area contributed by atoms with E-state index in [0.717, 1.165) is 4.24 Å². The zero-order chi connectivity index (χ0) is 11.1. The minimum atomic E-state index is -0.357. The van der Waals surface area contributed by atoms with Gasteiger partial charge in [0.05, 0.1) is 4.24 Å². The number of rotatable bonds is 3. The van der Waals surface area contributed by atoms with E-state index < -0.39 is 0 Å². The van der Waals surface area contributed by atoms with Crippen LogP contribution in [0.25, 0.3) is 6.08 Å². The maximum atomic E-state index is 10.9. The van der Waals surface area contributed by atoms with Gasteiger partial charge in [-0.15, -0.1) is 23.5 Å². The van der Waals surface area contributed by atoms with Gasteiger partial charge in [-0.3, -0.25) is 0 Å². The van der Waals surface area contributed by atoms with Crippen LogP contribution >= 0.6 is 23.5 Å². The molecule has 15 heavy (non-hydrogen) atoms. The monoisotopic (exact) mass is 238 g/mol. The predicted molar refractivity (Wildman–Crippen MR) is 67.0 cm³/mol. The average molecular weight is 238 g/mol. The van der Waals surface area contributed by atoms with Crippen LogP contribution in [-0.2, 0) is 0 Å². The first kappa shape index (κ1) is 12.0. The molecular formula is C11H10O2S2. The minimum Gasteiger partial charge on any atom is -0.423 e. The molecule has 0 bridgehead atoms. The molecule has 0 aromatic carbocycles. The van der Waals surface area contributed by atoms with Gasteiger partial charge in [0, 0.05) is 12.1 Å². The fourth-order valence-corrected chi connectivity index (χ4v) is 1.82. The summed E-state index contributed by atoms with van der Waals surface area (Å²) >= 11 is 3.20. The largest absolute Gasteiger partial charge is 0.423 e. The second-order valence-corrected chi connectivity index (χ2v) is 4.35. The highest BCUT2D eigenvalue weighted by molar-refractivity contribution is 8.21. The van der Waals surface area contributed by atoms with E-state index >= 15 is 0 Å². The molecule has 2 nitrogen and oxygen atoms in total. The van der Waals surface area contributed by atoms with E-state index in [1.54, 1.807) is 41.7 Å². The molecule has 0 unspecified atom stereocenters. The molecule has 1 aromatic heterocycles. The Hall–Kier alpha value is -1.05. The standard InChI is InChI=1S/C11H10O2S2/c1-14-11(15-2)8-4-6-9-5-3-7-10(12)13-9/h3,5-7H,1-2H3. The summed E-state index contributed by atoms with van der Waals surface area (Å²) in [5.41, 5.74) is 5.45. The highest BCUT2D eigenvalue weighted by Gasteiger charge is 1.88. The van der Waals surface area contributed by atoms with Crippen molar-refractivity contribution in [3.05, 3.63) is 50.1 Å². The maximum Gasteiger partial charge on any atom is 0.336 e. The Morgan fingerprint density at radius 1 is 1.40 bits per heavy atom. The third kappa shape index (κ3) is 4.32. The highest BCUT2D eigenvalue weighted by Crippen LogP contribution is 2.21. The van der Waals surface area contributed by atoms with Gasteiger partial charge in [-0.25, -0.2) is 4.79 Å². The summed E-state index contributed by atoms with van der Waals surface area (Å²) in [6.45, 7) is 0. The molecule has 4 heteroatoms. The molecule has 0 aliphatic rings. The van der Waals surface area contributed by atoms with E-state index in [2.05, 4.69) is 11.5 Å². The van der Waals surface area contributed by atoms with Crippen molar-refractivity contribution in [1.29, 1.82) is 0 Å². The Morgan fingerprint density at radius 3 is 2.73 bits per heavy atom. The SMILES string of the molecule is CSC(=C=C=Cc1cccc(=O)o1)SC. The second-order valence-electron chi connectivity index (χ2n) is 2.46. The maximum absolute atomic E-state index is 10.9. The van der Waals surface area contributed by atoms with Crippen LogP contribution in [0.2, 0.25) is 0 Å². The third-order valence-corrected chi connectivity index (χ3v) is 3.42. The highest BCUT2D eigenvalue weighted by atomic mass is 32.2. The van der Waals surface area contributed by atoms with Crippen molar-refractivity contribution < 1.29 is 4.42 Å². The van der Waals surface area contributed by atoms with Crippen molar-refractivity contribution >= 4 is 29.6 Å². The molecule has 0 saturated carbocycles. The van der Waals surface area contributed by atoms with Crippen molar-refractivity contribution in [1.82, 2.24) is 0 Å². The van der Waals surface area contributed by atoms with Crippen LogP contribution in [0.3, 0.4) is 0 Å². The normalized spacial score (nSPS) is 8.93. The summed E-state index contributed by atoms with van der Waals surface area (Å²) in [6.07, 6.45) is 5.54. The molecule has 1 heterocycles. The van der Waals surface area contributed by atoms with Crippen LogP contribution in [0.4, 0.5) is 0 Å². The van der Waals surface area contributed by atoms with Gasteiger partial charge in [0.2, 0.25) is 0 Å². The lowest BCUT2D eigenvalue weighted by atomic mass is 10.4. The van der Waals surface area contributed by atoms with Gasteiger partial charge in [-0.2, -0.15) is 0 Å². The van der Waals surface area contributed by atoms with Crippen LogP contribution in [-0.4, -0.2) is 12.5 Å². The molecule has 0 aliphatic carbocycles. The van der Waals surface area contributed by atoms with Crippen LogP contribution in [0.15, 0.2) is 43.1 Å². The first-order valence-electron chi connectivity index (χ1n) is 4.16. The molecule has 1 aromatic rings. The Balaban J connectivity index is 3.00. The van der Waals surface area contributed by atoms with E-state index in [0.29, 0.717) is 5.76 Å². The van der Waals surface area contributed by atoms with E-state index in [4.69, 9.17) is 4.42 Å². The Kier molecular flexibility index (Phi) is 5.16. The Morgan fingerprint density at radius 2 is 2.13 bits per heavy atom. The van der Waals surface area contributed by atoms with Crippen molar-refractivity contribution in [2.45, 2.75) is 0 Å². The third-order valence-electron chi connectivity index (χ3n) is 1.47. The van der Waals surface area contributed by atoms with Crippen molar-refractivity contribution in [3.8, 4) is 0 Å². The predicted octanol–water partition coefficient (Wildman–Crippen LogP) is 2.97. The number of hydrogen-bond donors (Lipinski definition) is 0. The molecule has 0 amide bonds. The van der Waals surface area contributed by atoms with Crippen LogP contribution < -0.4 is 5.63 Å². The lowest BCUT2D eigenvalue weighted by Gasteiger charge is -1.89. The van der Waals surface area contributed by atoms with Gasteiger partial charge >= 0.3 is 5.63 Å². The van der Waals surface area contributed by atoms with Gasteiger partial charge in [-0.05, 0) is 24.3 Å². The molecule has 1 rings (SSSR count). The van der Waals surface area contributed by atoms with Crippen LogP contribution in [0, 0.1) is 0 Å². The van der Waals surface area contributed by atoms with Gasteiger partial charge in [-0.1, -0.05) is 11.8 Å². The summed E-state index contributed by atoms with van der Waals surface area (Å²) in [7, 11) is 0. The van der Waals surface area contributed by atoms with Crippen molar-refractivity contribution in [3.63, 3.8) is 0 Å². The summed E-state index contributed by atoms with van der Waals surface area (Å²) in [6, 6.07) is 4.72. The minimum absolute atomic E-state index is 0.357. The molecule has 78 valence electrons.